The number of aliphatic imine (C=N–C) groups is 1. The smallest absolute Gasteiger partial charge is 0.182 e. The molecule has 0 saturated carbocycles. The number of H-pyrrole nitrogens is 1. The minimum absolute atomic E-state index is 0.526. The van der Waals surface area contributed by atoms with Gasteiger partial charge in [0, 0.05) is 29.9 Å². The summed E-state index contributed by atoms with van der Waals surface area (Å²) in [5.74, 6) is 1.20. The molecule has 0 amide bonds. The summed E-state index contributed by atoms with van der Waals surface area (Å²) in [6.07, 6.45) is 14.6. The summed E-state index contributed by atoms with van der Waals surface area (Å²) in [4.78, 5) is 12.9. The van der Waals surface area contributed by atoms with Gasteiger partial charge in [-0.1, -0.05) is 24.8 Å². The number of anilines is 1. The number of hydrogen-bond donors (Lipinski definition) is 2. The van der Waals surface area contributed by atoms with Gasteiger partial charge in [-0.15, -0.1) is 0 Å². The van der Waals surface area contributed by atoms with Gasteiger partial charge in [-0.3, -0.25) is 10.1 Å². The van der Waals surface area contributed by atoms with Crippen molar-refractivity contribution in [3.63, 3.8) is 0 Å². The molecule has 2 N–H and O–H groups in total. The summed E-state index contributed by atoms with van der Waals surface area (Å²) in [7, 11) is 0. The van der Waals surface area contributed by atoms with E-state index in [1.165, 1.54) is 0 Å². The highest BCUT2D eigenvalue weighted by Gasteiger charge is 2.13. The predicted octanol–water partition coefficient (Wildman–Crippen LogP) is 4.46. The molecule has 0 spiro atoms. The van der Waals surface area contributed by atoms with E-state index in [0.717, 1.165) is 17.0 Å². The molecule has 0 aromatic carbocycles. The molecule has 2 rings (SSSR count). The number of allylic oxidation sites excluding steroid dienone is 3. The maximum absolute atomic E-state index is 4.55. The number of rotatable bonds is 7. The lowest BCUT2D eigenvalue weighted by Gasteiger charge is -2.07. The quantitative estimate of drug-likeness (QED) is 0.578. The third-order valence-corrected chi connectivity index (χ3v) is 3.31. The topological polar surface area (TPSA) is 78.8 Å². The molecule has 6 heteroatoms. The molecule has 0 saturated heterocycles. The van der Waals surface area contributed by atoms with Crippen LogP contribution < -0.4 is 5.32 Å². The Morgan fingerprint density at radius 1 is 1.32 bits per heavy atom. The Hall–Kier alpha value is -3.28. The van der Waals surface area contributed by atoms with Crippen molar-refractivity contribution in [3.8, 4) is 11.5 Å². The summed E-state index contributed by atoms with van der Waals surface area (Å²) in [6.45, 7) is 9.62. The van der Waals surface area contributed by atoms with Crippen LogP contribution in [-0.2, 0) is 0 Å². The van der Waals surface area contributed by atoms with Crippen LogP contribution in [0.3, 0.4) is 0 Å². The van der Waals surface area contributed by atoms with Gasteiger partial charge in [0.15, 0.2) is 5.82 Å². The molecule has 128 valence electrons. The van der Waals surface area contributed by atoms with E-state index >= 15 is 0 Å². The van der Waals surface area contributed by atoms with Gasteiger partial charge in [-0.2, -0.15) is 5.10 Å². The zero-order valence-corrected chi connectivity index (χ0v) is 14.7. The van der Waals surface area contributed by atoms with E-state index in [1.54, 1.807) is 30.8 Å². The van der Waals surface area contributed by atoms with Gasteiger partial charge in [-0.05, 0) is 39.0 Å². The molecular weight excluding hydrogens is 312 g/mol. The predicted molar refractivity (Wildman–Crippen MR) is 105 cm³/mol. The summed E-state index contributed by atoms with van der Waals surface area (Å²) >= 11 is 0. The van der Waals surface area contributed by atoms with Gasteiger partial charge in [0.1, 0.15) is 11.5 Å². The molecule has 0 unspecified atom stereocenters. The zero-order valence-electron chi connectivity index (χ0n) is 14.7. The standard InChI is InChI=1S/C19H22N6/c1-5-9-16-15(7-3)18(25-24-16)19-21-13-11-17(23-19)22-14(6-2)10-12-20-8-4/h5-13H,3H2,1-2,4H3,(H,24,25)(H,21,22,23)/b9-5-,12-10-,14-6+,20-8-. The lowest BCUT2D eigenvalue weighted by atomic mass is 10.1. The molecule has 0 fully saturated rings. The first-order valence-corrected chi connectivity index (χ1v) is 7.98. The lowest BCUT2D eigenvalue weighted by Crippen LogP contribution is -2.01. The molecule has 6 nitrogen and oxygen atoms in total. The first-order chi connectivity index (χ1) is 12.2. The Kier molecular flexibility index (Phi) is 6.59. The van der Waals surface area contributed by atoms with Gasteiger partial charge in [0.05, 0.1) is 5.69 Å². The highest BCUT2D eigenvalue weighted by atomic mass is 15.1. The lowest BCUT2D eigenvalue weighted by molar-refractivity contribution is 1.06. The molecule has 2 heterocycles. The van der Waals surface area contributed by atoms with Crippen molar-refractivity contribution in [2.45, 2.75) is 20.8 Å². The molecule has 0 aliphatic heterocycles. The molecule has 0 aliphatic rings. The first kappa shape index (κ1) is 18.1. The zero-order chi connectivity index (χ0) is 18.1. The Morgan fingerprint density at radius 2 is 2.16 bits per heavy atom. The molecule has 0 atom stereocenters. The molecule has 0 bridgehead atoms. The summed E-state index contributed by atoms with van der Waals surface area (Å²) in [5, 5.41) is 10.6. The van der Waals surface area contributed by atoms with E-state index in [2.05, 4.69) is 37.1 Å². The van der Waals surface area contributed by atoms with Gasteiger partial charge in [-0.25, -0.2) is 9.97 Å². The SMILES string of the molecule is C=Cc1c(-c2nccc(NC(/C=C\N=C/C)=C/C)n2)n[nH]c1/C=C\C. The minimum Gasteiger partial charge on any atom is -0.340 e. The van der Waals surface area contributed by atoms with Crippen molar-refractivity contribution in [3.05, 3.63) is 60.2 Å². The molecule has 25 heavy (non-hydrogen) atoms. The number of nitrogens with one attached hydrogen (secondary N) is 2. The van der Waals surface area contributed by atoms with Crippen LogP contribution in [0.2, 0.25) is 0 Å². The van der Waals surface area contributed by atoms with E-state index in [9.17, 15) is 0 Å². The average molecular weight is 334 g/mol. The van der Waals surface area contributed by atoms with Crippen molar-refractivity contribution in [2.24, 2.45) is 4.99 Å². The van der Waals surface area contributed by atoms with Crippen LogP contribution in [0, 0.1) is 0 Å². The normalized spacial score (nSPS) is 12.5. The van der Waals surface area contributed by atoms with E-state index in [0.29, 0.717) is 17.3 Å². The molecule has 2 aromatic rings. The van der Waals surface area contributed by atoms with Crippen molar-refractivity contribution >= 4 is 24.2 Å². The van der Waals surface area contributed by atoms with Crippen LogP contribution in [0.1, 0.15) is 32.0 Å². The van der Waals surface area contributed by atoms with E-state index < -0.39 is 0 Å². The largest absolute Gasteiger partial charge is 0.340 e. The Bertz CT molecular complexity index is 839. The maximum atomic E-state index is 4.55. The number of aromatic nitrogens is 4. The molecule has 0 aliphatic carbocycles. The fourth-order valence-corrected chi connectivity index (χ4v) is 2.14. The Labute approximate surface area is 147 Å². The first-order valence-electron chi connectivity index (χ1n) is 7.98. The van der Waals surface area contributed by atoms with Crippen LogP contribution in [0.5, 0.6) is 0 Å². The van der Waals surface area contributed by atoms with Crippen LogP contribution in [0.4, 0.5) is 5.82 Å². The number of nitrogens with zero attached hydrogens (tertiary/aromatic N) is 4. The minimum atomic E-state index is 0.526. The van der Waals surface area contributed by atoms with E-state index in [4.69, 9.17) is 0 Å². The third-order valence-electron chi connectivity index (χ3n) is 3.31. The number of hydrogen-bond acceptors (Lipinski definition) is 5. The fraction of sp³-hybridized carbons (Fsp3) is 0.158. The van der Waals surface area contributed by atoms with Crippen LogP contribution in [0.15, 0.2) is 54.0 Å². The van der Waals surface area contributed by atoms with Gasteiger partial charge >= 0.3 is 0 Å². The van der Waals surface area contributed by atoms with Gasteiger partial charge < -0.3 is 5.32 Å². The van der Waals surface area contributed by atoms with Crippen LogP contribution in [0.25, 0.3) is 23.7 Å². The number of aromatic amines is 1. The monoisotopic (exact) mass is 334 g/mol. The van der Waals surface area contributed by atoms with Crippen molar-refractivity contribution in [2.75, 3.05) is 5.32 Å². The van der Waals surface area contributed by atoms with Gasteiger partial charge in [0.2, 0.25) is 0 Å². The van der Waals surface area contributed by atoms with E-state index in [-0.39, 0.29) is 0 Å². The second-order valence-electron chi connectivity index (χ2n) is 4.96. The molecule has 2 aromatic heterocycles. The maximum Gasteiger partial charge on any atom is 0.182 e. The Morgan fingerprint density at radius 3 is 2.84 bits per heavy atom. The van der Waals surface area contributed by atoms with Crippen molar-refractivity contribution < 1.29 is 0 Å². The Balaban J connectivity index is 2.32. The van der Waals surface area contributed by atoms with Crippen LogP contribution in [-0.4, -0.2) is 26.4 Å². The second-order valence-corrected chi connectivity index (χ2v) is 4.96. The molecular formula is C19H22N6. The van der Waals surface area contributed by atoms with Crippen LogP contribution >= 0.6 is 0 Å². The average Bonchev–Trinajstić information content (AvgIpc) is 3.04. The third kappa shape index (κ3) is 4.60. The summed E-state index contributed by atoms with van der Waals surface area (Å²) in [6, 6.07) is 1.80. The summed E-state index contributed by atoms with van der Waals surface area (Å²) < 4.78 is 0. The van der Waals surface area contributed by atoms with Crippen molar-refractivity contribution in [1.82, 2.24) is 20.2 Å². The summed E-state index contributed by atoms with van der Waals surface area (Å²) in [5.41, 5.74) is 3.30. The second kappa shape index (κ2) is 9.12. The fourth-order valence-electron chi connectivity index (χ4n) is 2.14. The van der Waals surface area contributed by atoms with Crippen molar-refractivity contribution in [1.29, 1.82) is 0 Å². The highest BCUT2D eigenvalue weighted by molar-refractivity contribution is 5.74. The van der Waals surface area contributed by atoms with Gasteiger partial charge in [0.25, 0.3) is 0 Å². The molecule has 0 radical (unpaired) electrons. The van der Waals surface area contributed by atoms with E-state index in [1.807, 2.05) is 45.1 Å². The highest BCUT2D eigenvalue weighted by Crippen LogP contribution is 2.23.